The maximum absolute atomic E-state index is 12.7. The van der Waals surface area contributed by atoms with Gasteiger partial charge in [-0.3, -0.25) is 9.59 Å². The van der Waals surface area contributed by atoms with Crippen molar-refractivity contribution in [2.45, 2.75) is 6.92 Å². The second-order valence-corrected chi connectivity index (χ2v) is 11.5. The Balaban J connectivity index is 1.18. The molecular formula is C33H27BrClN5O4S. The van der Waals surface area contributed by atoms with Crippen molar-refractivity contribution in [3.05, 3.63) is 117 Å². The van der Waals surface area contributed by atoms with E-state index in [4.69, 9.17) is 21.1 Å². The first-order chi connectivity index (χ1) is 21.9. The molecule has 4 aromatic carbocycles. The van der Waals surface area contributed by atoms with Crippen LogP contribution >= 0.6 is 38.9 Å². The number of halogens is 2. The van der Waals surface area contributed by atoms with Crippen LogP contribution in [-0.4, -0.2) is 36.2 Å². The van der Waals surface area contributed by atoms with Crippen molar-refractivity contribution in [1.29, 1.82) is 0 Å². The van der Waals surface area contributed by atoms with Crippen molar-refractivity contribution in [3.8, 4) is 22.8 Å². The summed E-state index contributed by atoms with van der Waals surface area (Å²) in [6.45, 7) is 1.94. The van der Waals surface area contributed by atoms with E-state index in [1.165, 1.54) is 17.6 Å². The van der Waals surface area contributed by atoms with Crippen molar-refractivity contribution in [1.82, 2.24) is 10.4 Å². The Labute approximate surface area is 277 Å². The largest absolute Gasteiger partial charge is 0.490 e. The van der Waals surface area contributed by atoms with Crippen molar-refractivity contribution >= 4 is 73.4 Å². The maximum atomic E-state index is 12.7. The highest BCUT2D eigenvalue weighted by Gasteiger charge is 2.15. The fraction of sp³-hybridized carbons (Fsp3) is 0.0909. The minimum atomic E-state index is -0.379. The molecule has 0 saturated heterocycles. The number of ether oxygens (including phenoxy) is 2. The molecule has 0 saturated carbocycles. The molecule has 5 aromatic rings. The van der Waals surface area contributed by atoms with E-state index in [-0.39, 0.29) is 18.4 Å². The van der Waals surface area contributed by atoms with E-state index < -0.39 is 0 Å². The van der Waals surface area contributed by atoms with Crippen LogP contribution in [0.5, 0.6) is 11.5 Å². The van der Waals surface area contributed by atoms with Crippen LogP contribution in [0.1, 0.15) is 22.8 Å². The average Bonchev–Trinajstić information content (AvgIpc) is 3.51. The van der Waals surface area contributed by atoms with E-state index in [0.29, 0.717) is 44.4 Å². The minimum Gasteiger partial charge on any atom is -0.490 e. The first-order valence-corrected chi connectivity index (χ1v) is 15.8. The smallest absolute Gasteiger partial charge is 0.271 e. The number of nitrogens with zero attached hydrogens (tertiary/aromatic N) is 2. The summed E-state index contributed by atoms with van der Waals surface area (Å²) in [4.78, 5) is 29.8. The first-order valence-electron chi connectivity index (χ1n) is 13.7. The van der Waals surface area contributed by atoms with Crippen molar-refractivity contribution in [3.63, 3.8) is 0 Å². The van der Waals surface area contributed by atoms with E-state index in [1.54, 1.807) is 48.5 Å². The zero-order chi connectivity index (χ0) is 31.6. The molecule has 45 heavy (non-hydrogen) atoms. The summed E-state index contributed by atoms with van der Waals surface area (Å²) < 4.78 is 12.1. The number of hydrogen-bond donors (Lipinski definition) is 3. The predicted molar refractivity (Wildman–Crippen MR) is 183 cm³/mol. The molecule has 9 nitrogen and oxygen atoms in total. The molecule has 0 spiro atoms. The van der Waals surface area contributed by atoms with Crippen LogP contribution in [0.2, 0.25) is 5.02 Å². The zero-order valence-electron chi connectivity index (χ0n) is 23.9. The van der Waals surface area contributed by atoms with Crippen molar-refractivity contribution in [2.75, 3.05) is 23.8 Å². The molecule has 0 unspecified atom stereocenters. The Bertz CT molecular complexity index is 1820. The van der Waals surface area contributed by atoms with E-state index in [0.717, 1.165) is 22.1 Å². The van der Waals surface area contributed by atoms with Gasteiger partial charge in [-0.1, -0.05) is 54.1 Å². The Kier molecular flexibility index (Phi) is 10.8. The second-order valence-electron chi connectivity index (χ2n) is 9.39. The lowest BCUT2D eigenvalue weighted by molar-refractivity contribution is -0.118. The summed E-state index contributed by atoms with van der Waals surface area (Å²) in [5.41, 5.74) is 6.79. The van der Waals surface area contributed by atoms with Crippen molar-refractivity contribution in [2.24, 2.45) is 5.10 Å². The Morgan fingerprint density at radius 1 is 1.00 bits per heavy atom. The summed E-state index contributed by atoms with van der Waals surface area (Å²) in [6.07, 6.45) is 1.49. The molecular weight excluding hydrogens is 678 g/mol. The van der Waals surface area contributed by atoms with Gasteiger partial charge >= 0.3 is 0 Å². The number of para-hydroxylation sites is 2. The van der Waals surface area contributed by atoms with Gasteiger partial charge in [0.05, 0.1) is 33.7 Å². The average molecular weight is 705 g/mol. The van der Waals surface area contributed by atoms with Crippen LogP contribution in [0.3, 0.4) is 0 Å². The van der Waals surface area contributed by atoms with Crippen LogP contribution in [-0.2, 0) is 4.79 Å². The summed E-state index contributed by atoms with van der Waals surface area (Å²) in [6, 6.07) is 27.4. The maximum Gasteiger partial charge on any atom is 0.271 e. The fourth-order valence-corrected chi connectivity index (χ4v) is 5.58. The van der Waals surface area contributed by atoms with Gasteiger partial charge in [-0.05, 0) is 76.9 Å². The van der Waals surface area contributed by atoms with E-state index in [2.05, 4.69) is 42.1 Å². The molecule has 1 aromatic heterocycles. The number of aromatic nitrogens is 1. The van der Waals surface area contributed by atoms with Crippen LogP contribution in [0.4, 0.5) is 16.5 Å². The molecule has 5 rings (SSSR count). The zero-order valence-corrected chi connectivity index (χ0v) is 27.1. The minimum absolute atomic E-state index is 0.264. The van der Waals surface area contributed by atoms with Crippen LogP contribution in [0.25, 0.3) is 11.3 Å². The summed E-state index contributed by atoms with van der Waals surface area (Å²) in [5, 5.41) is 13.3. The molecule has 0 radical (unpaired) electrons. The van der Waals surface area contributed by atoms with Crippen LogP contribution in [0.15, 0.2) is 106 Å². The predicted octanol–water partition coefficient (Wildman–Crippen LogP) is 8.15. The highest BCUT2D eigenvalue weighted by molar-refractivity contribution is 9.10. The highest BCUT2D eigenvalue weighted by Crippen LogP contribution is 2.37. The van der Waals surface area contributed by atoms with Gasteiger partial charge in [0, 0.05) is 22.2 Å². The fourth-order valence-electron chi connectivity index (χ4n) is 4.08. The molecule has 0 aliphatic rings. The number of carbonyl (C=O) groups excluding carboxylic acids is 2. The van der Waals surface area contributed by atoms with E-state index >= 15 is 0 Å². The third-order valence-electron chi connectivity index (χ3n) is 6.18. The quantitative estimate of drug-likeness (QED) is 0.0893. The van der Waals surface area contributed by atoms with Crippen LogP contribution in [0, 0.1) is 0 Å². The van der Waals surface area contributed by atoms with Gasteiger partial charge in [0.25, 0.3) is 11.8 Å². The summed E-state index contributed by atoms with van der Waals surface area (Å²) in [5.74, 6) is 0.0202. The number of thiazole rings is 1. The standard InChI is InChI=1S/C33H27BrClN5O4S/c1-2-43-29-17-21(16-25(34)31(29)44-19-30(41)38-27-11-7-6-10-26(27)35)18-36-40-32(42)23-14-12-22(13-15-23)28-20-45-33(39-28)37-24-8-4-3-5-9-24/h3-18,20H,2,19H2,1H3,(H,37,39)(H,38,41)(H,40,42)/b36-18+. The summed E-state index contributed by atoms with van der Waals surface area (Å²) in [7, 11) is 0. The molecule has 0 fully saturated rings. The third kappa shape index (κ3) is 8.69. The topological polar surface area (TPSA) is 114 Å². The highest BCUT2D eigenvalue weighted by atomic mass is 79.9. The normalized spacial score (nSPS) is 10.8. The molecule has 0 bridgehead atoms. The lowest BCUT2D eigenvalue weighted by atomic mass is 10.1. The van der Waals surface area contributed by atoms with Gasteiger partial charge in [0.2, 0.25) is 0 Å². The van der Waals surface area contributed by atoms with E-state index in [9.17, 15) is 9.59 Å². The molecule has 2 amide bonds. The van der Waals surface area contributed by atoms with Gasteiger partial charge in [-0.25, -0.2) is 10.4 Å². The van der Waals surface area contributed by atoms with Gasteiger partial charge in [-0.2, -0.15) is 5.10 Å². The molecule has 228 valence electrons. The van der Waals surface area contributed by atoms with Crippen LogP contribution < -0.4 is 25.5 Å². The Morgan fingerprint density at radius 2 is 1.76 bits per heavy atom. The lowest BCUT2D eigenvalue weighted by Crippen LogP contribution is -2.20. The molecule has 0 atom stereocenters. The van der Waals surface area contributed by atoms with Crippen molar-refractivity contribution < 1.29 is 19.1 Å². The SMILES string of the molecule is CCOc1cc(/C=N/NC(=O)c2ccc(-c3csc(Nc4ccccc4)n3)cc2)cc(Br)c1OCC(=O)Nc1ccccc1Cl. The number of amides is 2. The number of carbonyl (C=O) groups is 2. The molecule has 12 heteroatoms. The summed E-state index contributed by atoms with van der Waals surface area (Å²) >= 11 is 11.1. The number of nitrogens with one attached hydrogen (secondary N) is 3. The number of hydrazone groups is 1. The third-order valence-corrected chi connectivity index (χ3v) is 7.86. The monoisotopic (exact) mass is 703 g/mol. The molecule has 1 heterocycles. The Hall–Kier alpha value is -4.71. The first kappa shape index (κ1) is 31.7. The number of anilines is 3. The second kappa shape index (κ2) is 15.3. The van der Waals surface area contributed by atoms with Gasteiger partial charge in [0.15, 0.2) is 23.2 Å². The Morgan fingerprint density at radius 3 is 2.51 bits per heavy atom. The van der Waals surface area contributed by atoms with E-state index in [1.807, 2.05) is 54.8 Å². The number of benzene rings is 4. The van der Waals surface area contributed by atoms with Gasteiger partial charge < -0.3 is 20.1 Å². The van der Waals surface area contributed by atoms with Gasteiger partial charge in [0.1, 0.15) is 0 Å². The molecule has 0 aliphatic carbocycles. The lowest BCUT2D eigenvalue weighted by Gasteiger charge is -2.15. The molecule has 0 aliphatic heterocycles. The molecule has 3 N–H and O–H groups in total. The van der Waals surface area contributed by atoms with Gasteiger partial charge in [-0.15, -0.1) is 11.3 Å². The number of hydrogen-bond acceptors (Lipinski definition) is 8. The number of rotatable bonds is 12.